The van der Waals surface area contributed by atoms with E-state index in [2.05, 4.69) is 36.6 Å². The number of carbonyl (C=O) groups is 2. The minimum atomic E-state index is -0.438. The van der Waals surface area contributed by atoms with Gasteiger partial charge in [0.1, 0.15) is 5.57 Å². The van der Waals surface area contributed by atoms with E-state index < -0.39 is 11.8 Å². The molecule has 1 fully saturated rings. The Kier molecular flexibility index (Phi) is 6.83. The number of benzene rings is 3. The van der Waals surface area contributed by atoms with Crippen molar-refractivity contribution in [2.24, 2.45) is 0 Å². The van der Waals surface area contributed by atoms with Crippen LogP contribution in [0.25, 0.3) is 11.8 Å². The predicted octanol–water partition coefficient (Wildman–Crippen LogP) is 7.08. The van der Waals surface area contributed by atoms with Crippen molar-refractivity contribution in [2.45, 2.75) is 41.5 Å². The minimum absolute atomic E-state index is 0.0614. The highest BCUT2D eigenvalue weighted by Crippen LogP contribution is 2.32. The highest BCUT2D eigenvalue weighted by Gasteiger charge is 2.41. The van der Waals surface area contributed by atoms with Crippen molar-refractivity contribution in [2.75, 3.05) is 9.80 Å². The summed E-state index contributed by atoms with van der Waals surface area (Å²) in [4.78, 5) is 30.8. The third-order valence-corrected chi connectivity index (χ3v) is 7.61. The molecule has 0 saturated carbocycles. The van der Waals surface area contributed by atoms with E-state index in [1.807, 2.05) is 82.3 Å². The maximum atomic E-state index is 14.0. The Morgan fingerprint density at radius 3 is 1.87 bits per heavy atom. The molecule has 39 heavy (non-hydrogen) atoms. The van der Waals surface area contributed by atoms with Gasteiger partial charge in [-0.3, -0.25) is 19.4 Å². The summed E-state index contributed by atoms with van der Waals surface area (Å²) in [5.41, 5.74) is 9.62. The van der Waals surface area contributed by atoms with E-state index in [4.69, 9.17) is 12.2 Å². The van der Waals surface area contributed by atoms with Crippen LogP contribution in [-0.4, -0.2) is 21.5 Å². The summed E-state index contributed by atoms with van der Waals surface area (Å²) < 4.78 is 2.16. The Morgan fingerprint density at radius 1 is 0.641 bits per heavy atom. The van der Waals surface area contributed by atoms with E-state index in [1.54, 1.807) is 6.08 Å². The largest absolute Gasteiger partial charge is 0.318 e. The van der Waals surface area contributed by atoms with E-state index in [0.29, 0.717) is 11.4 Å². The average Bonchev–Trinajstić information content (AvgIpc) is 3.16. The first kappa shape index (κ1) is 26.3. The van der Waals surface area contributed by atoms with Gasteiger partial charge in [0.2, 0.25) is 0 Å². The normalized spacial score (nSPS) is 15.0. The molecule has 1 aromatic heterocycles. The number of thiocarbonyl (C=S) groups is 1. The molecule has 3 aromatic carbocycles. The lowest BCUT2D eigenvalue weighted by Crippen LogP contribution is -2.57. The van der Waals surface area contributed by atoms with Gasteiger partial charge < -0.3 is 4.57 Å². The molecule has 2 heterocycles. The molecule has 0 bridgehead atoms. The second-order valence-corrected chi connectivity index (χ2v) is 10.6. The van der Waals surface area contributed by atoms with Crippen LogP contribution in [0.5, 0.6) is 0 Å². The molecule has 196 valence electrons. The van der Waals surface area contributed by atoms with Crippen molar-refractivity contribution < 1.29 is 9.59 Å². The molecule has 0 spiro atoms. The van der Waals surface area contributed by atoms with Gasteiger partial charge in [0, 0.05) is 17.1 Å². The quantitative estimate of drug-likeness (QED) is 0.160. The van der Waals surface area contributed by atoms with E-state index in [1.165, 1.54) is 20.9 Å². The third-order valence-electron chi connectivity index (χ3n) is 7.25. The lowest BCUT2D eigenvalue weighted by atomic mass is 10.0. The van der Waals surface area contributed by atoms with Crippen LogP contribution in [0, 0.1) is 41.5 Å². The molecule has 1 aliphatic rings. The molecule has 0 N–H and O–H groups in total. The van der Waals surface area contributed by atoms with E-state index >= 15 is 0 Å². The summed E-state index contributed by atoms with van der Waals surface area (Å²) in [6, 6.07) is 23.4. The average molecular weight is 534 g/mol. The summed E-state index contributed by atoms with van der Waals surface area (Å²) in [6.45, 7) is 12.2. The van der Waals surface area contributed by atoms with Gasteiger partial charge in [0.15, 0.2) is 5.11 Å². The molecule has 0 radical (unpaired) electrons. The zero-order chi connectivity index (χ0) is 28.0. The van der Waals surface area contributed by atoms with Crippen molar-refractivity contribution in [1.82, 2.24) is 4.57 Å². The van der Waals surface area contributed by atoms with Crippen molar-refractivity contribution >= 4 is 46.6 Å². The maximum Gasteiger partial charge on any atom is 0.270 e. The van der Waals surface area contributed by atoms with E-state index in [-0.39, 0.29) is 10.7 Å². The van der Waals surface area contributed by atoms with Crippen LogP contribution in [0.3, 0.4) is 0 Å². The number of hydrogen-bond donors (Lipinski definition) is 0. The Morgan fingerprint density at radius 2 is 1.26 bits per heavy atom. The summed E-state index contributed by atoms with van der Waals surface area (Å²) >= 11 is 5.78. The Bertz CT molecular complexity index is 1660. The molecule has 5 rings (SSSR count). The van der Waals surface area contributed by atoms with Gasteiger partial charge in [-0.05, 0) is 130 Å². The zero-order valence-electron chi connectivity index (χ0n) is 23.1. The number of aromatic nitrogens is 1. The van der Waals surface area contributed by atoms with Crippen LogP contribution in [-0.2, 0) is 9.59 Å². The molecule has 4 aromatic rings. The van der Waals surface area contributed by atoms with Crippen molar-refractivity contribution in [3.63, 3.8) is 0 Å². The fraction of sp³-hybridized carbons (Fsp3) is 0.182. The fourth-order valence-corrected chi connectivity index (χ4v) is 5.57. The van der Waals surface area contributed by atoms with Crippen LogP contribution < -0.4 is 9.80 Å². The summed E-state index contributed by atoms with van der Waals surface area (Å²) in [6.07, 6.45) is 1.71. The van der Waals surface area contributed by atoms with Gasteiger partial charge in [0.25, 0.3) is 11.8 Å². The fourth-order valence-electron chi connectivity index (χ4n) is 5.19. The third kappa shape index (κ3) is 4.72. The molecule has 1 saturated heterocycles. The number of amides is 2. The van der Waals surface area contributed by atoms with Crippen LogP contribution in [0.2, 0.25) is 0 Å². The Labute approximate surface area is 235 Å². The lowest BCUT2D eigenvalue weighted by molar-refractivity contribution is -0.120. The maximum absolute atomic E-state index is 14.0. The topological polar surface area (TPSA) is 45.6 Å². The zero-order valence-corrected chi connectivity index (χ0v) is 23.9. The summed E-state index contributed by atoms with van der Waals surface area (Å²) in [5, 5.41) is 0.136. The van der Waals surface area contributed by atoms with Crippen molar-refractivity contribution in [3.05, 3.63) is 118 Å². The first-order valence-electron chi connectivity index (χ1n) is 12.9. The molecule has 2 amide bonds. The van der Waals surface area contributed by atoms with Gasteiger partial charge in [0.05, 0.1) is 11.4 Å². The van der Waals surface area contributed by atoms with Gasteiger partial charge >= 0.3 is 0 Å². The molecular formula is C33H31N3O2S. The first-order valence-corrected chi connectivity index (χ1v) is 13.3. The summed E-state index contributed by atoms with van der Waals surface area (Å²) in [7, 11) is 0. The Balaban J connectivity index is 1.67. The number of aryl methyl sites for hydroxylation is 5. The molecule has 0 unspecified atom stereocenters. The van der Waals surface area contributed by atoms with Gasteiger partial charge in [-0.15, -0.1) is 0 Å². The van der Waals surface area contributed by atoms with E-state index in [0.717, 1.165) is 33.8 Å². The number of hydrogen-bond acceptors (Lipinski definition) is 3. The number of rotatable bonds is 4. The molecule has 6 heteroatoms. The number of nitrogens with zero attached hydrogens (tertiary/aromatic N) is 3. The highest BCUT2D eigenvalue weighted by atomic mass is 32.1. The highest BCUT2D eigenvalue weighted by molar-refractivity contribution is 7.81. The van der Waals surface area contributed by atoms with Crippen molar-refractivity contribution in [1.29, 1.82) is 0 Å². The smallest absolute Gasteiger partial charge is 0.270 e. The standard InChI is InChI=1S/C33H31N3O2S/c1-20-14-21(2)16-29(15-20)34-24(5)18-26(25(34)6)19-30-31(37)35(27-10-8-7-9-11-27)33(39)36(32(30)38)28-13-12-22(3)23(4)17-28/h7-19H,1-6H3/b30-19+. The minimum Gasteiger partial charge on any atom is -0.318 e. The van der Waals surface area contributed by atoms with Crippen LogP contribution in [0.4, 0.5) is 11.4 Å². The summed E-state index contributed by atoms with van der Waals surface area (Å²) in [5.74, 6) is -0.871. The number of anilines is 2. The second kappa shape index (κ2) is 10.1. The molecule has 0 atom stereocenters. The van der Waals surface area contributed by atoms with E-state index in [9.17, 15) is 9.59 Å². The SMILES string of the molecule is Cc1cc(C)cc(-n2c(C)cc(/C=C3\C(=O)N(c4ccccc4)C(=S)N(c4ccc(C)c(C)c4)C3=O)c2C)c1. The van der Waals surface area contributed by atoms with Gasteiger partial charge in [-0.2, -0.15) is 0 Å². The second-order valence-electron chi connectivity index (χ2n) is 10.2. The molecular weight excluding hydrogens is 502 g/mol. The van der Waals surface area contributed by atoms with Crippen LogP contribution in [0.15, 0.2) is 78.4 Å². The monoisotopic (exact) mass is 533 g/mol. The first-order chi connectivity index (χ1) is 18.6. The predicted molar refractivity (Wildman–Crippen MR) is 163 cm³/mol. The van der Waals surface area contributed by atoms with Crippen LogP contribution >= 0.6 is 12.2 Å². The Hall–Kier alpha value is -4.29. The lowest BCUT2D eigenvalue weighted by Gasteiger charge is -2.36. The number of carbonyl (C=O) groups excluding carboxylic acids is 2. The van der Waals surface area contributed by atoms with Crippen molar-refractivity contribution in [3.8, 4) is 5.69 Å². The molecule has 5 nitrogen and oxygen atoms in total. The molecule has 0 aliphatic carbocycles. The van der Waals surface area contributed by atoms with Gasteiger partial charge in [-0.1, -0.05) is 30.3 Å². The number of para-hydroxylation sites is 1. The van der Waals surface area contributed by atoms with Crippen LogP contribution in [0.1, 0.15) is 39.2 Å². The molecule has 1 aliphatic heterocycles. The van der Waals surface area contributed by atoms with Gasteiger partial charge in [-0.25, -0.2) is 0 Å².